The number of halogens is 6. The molecule has 0 aliphatic heterocycles. The van der Waals surface area contributed by atoms with Crippen molar-refractivity contribution in [1.82, 2.24) is 14.6 Å². The summed E-state index contributed by atoms with van der Waals surface area (Å²) in [6.45, 7) is 0. The minimum Gasteiger partial charge on any atom is -0.281 e. The predicted octanol–water partition coefficient (Wildman–Crippen LogP) is 5.38. The molecule has 0 saturated heterocycles. The van der Waals surface area contributed by atoms with Crippen LogP contribution in [0, 0.1) is 0 Å². The molecule has 0 unspecified atom stereocenters. The molecular weight excluding hydrogens is 362 g/mol. The number of pyridine rings is 1. The quantitative estimate of drug-likeness (QED) is 0.579. The first-order valence-corrected chi connectivity index (χ1v) is 6.97. The second-order valence-electron chi connectivity index (χ2n) is 4.42. The highest BCUT2D eigenvalue weighted by atomic mass is 35.5. The summed E-state index contributed by atoms with van der Waals surface area (Å²) in [5.74, 6) is 0.143. The molecule has 0 aliphatic carbocycles. The zero-order valence-corrected chi connectivity index (χ0v) is 12.8. The fraction of sp³-hybridized carbons (Fsp3) is 0.0769. The van der Waals surface area contributed by atoms with Gasteiger partial charge in [-0.05, 0) is 24.3 Å². The van der Waals surface area contributed by atoms with Gasteiger partial charge in [-0.1, -0.05) is 34.8 Å². The van der Waals surface area contributed by atoms with E-state index in [1.54, 1.807) is 12.1 Å². The van der Waals surface area contributed by atoms with Crippen molar-refractivity contribution in [1.29, 1.82) is 0 Å². The summed E-state index contributed by atoms with van der Waals surface area (Å²) in [7, 11) is 0. The number of aromatic nitrogens is 3. The van der Waals surface area contributed by atoms with E-state index in [-0.39, 0.29) is 21.5 Å². The van der Waals surface area contributed by atoms with Gasteiger partial charge in [0.15, 0.2) is 11.5 Å². The molecule has 0 spiro atoms. The molecule has 0 atom stereocenters. The van der Waals surface area contributed by atoms with E-state index in [0.717, 1.165) is 16.7 Å². The van der Waals surface area contributed by atoms with E-state index in [4.69, 9.17) is 34.8 Å². The Hall–Kier alpha value is -1.50. The minimum atomic E-state index is -4.54. The van der Waals surface area contributed by atoms with Crippen LogP contribution >= 0.6 is 34.8 Å². The number of nitrogens with zero attached hydrogens (tertiary/aromatic N) is 3. The summed E-state index contributed by atoms with van der Waals surface area (Å²) in [5, 5.41) is 8.17. The van der Waals surface area contributed by atoms with Crippen molar-refractivity contribution in [2.45, 2.75) is 6.18 Å². The molecule has 3 aromatic rings. The lowest BCUT2D eigenvalue weighted by atomic mass is 10.2. The van der Waals surface area contributed by atoms with Crippen molar-refractivity contribution in [2.24, 2.45) is 0 Å². The van der Waals surface area contributed by atoms with Gasteiger partial charge < -0.3 is 0 Å². The number of alkyl halides is 3. The van der Waals surface area contributed by atoms with Crippen LogP contribution in [0.5, 0.6) is 0 Å². The van der Waals surface area contributed by atoms with Crippen LogP contribution in [0.3, 0.4) is 0 Å². The Morgan fingerprint density at radius 3 is 2.32 bits per heavy atom. The van der Waals surface area contributed by atoms with Gasteiger partial charge in [0.05, 0.1) is 15.6 Å². The topological polar surface area (TPSA) is 30.2 Å². The molecule has 9 heteroatoms. The van der Waals surface area contributed by atoms with Crippen LogP contribution in [0.15, 0.2) is 30.5 Å². The van der Waals surface area contributed by atoms with Crippen LogP contribution in [0.4, 0.5) is 13.2 Å². The van der Waals surface area contributed by atoms with E-state index in [2.05, 4.69) is 10.2 Å². The lowest BCUT2D eigenvalue weighted by Crippen LogP contribution is -2.07. The van der Waals surface area contributed by atoms with Crippen molar-refractivity contribution in [3.8, 4) is 11.4 Å². The summed E-state index contributed by atoms with van der Waals surface area (Å²) in [4.78, 5) is 0. The zero-order chi connectivity index (χ0) is 16.1. The third-order valence-corrected chi connectivity index (χ3v) is 3.79. The lowest BCUT2D eigenvalue weighted by molar-refractivity contribution is -0.137. The highest BCUT2D eigenvalue weighted by Gasteiger charge is 2.32. The molecule has 0 amide bonds. The predicted molar refractivity (Wildman–Crippen MR) is 78.5 cm³/mol. The Labute approximate surface area is 137 Å². The number of benzene rings is 1. The van der Waals surface area contributed by atoms with Crippen molar-refractivity contribution >= 4 is 40.4 Å². The Balaban J connectivity index is 2.29. The van der Waals surface area contributed by atoms with Gasteiger partial charge in [-0.3, -0.25) is 4.40 Å². The van der Waals surface area contributed by atoms with Gasteiger partial charge in [0.1, 0.15) is 0 Å². The summed E-state index contributed by atoms with van der Waals surface area (Å²) in [6, 6.07) is 5.38. The average molecular weight is 367 g/mol. The Kier molecular flexibility index (Phi) is 3.71. The molecule has 0 bridgehead atoms. The van der Waals surface area contributed by atoms with Gasteiger partial charge >= 0.3 is 6.18 Å². The van der Waals surface area contributed by atoms with E-state index >= 15 is 0 Å². The van der Waals surface area contributed by atoms with Crippen LogP contribution in [0.1, 0.15) is 5.56 Å². The first-order valence-electron chi connectivity index (χ1n) is 5.84. The first-order chi connectivity index (χ1) is 10.3. The molecule has 3 rings (SSSR count). The maximum atomic E-state index is 12.9. The van der Waals surface area contributed by atoms with Crippen LogP contribution in [-0.2, 0) is 6.18 Å². The monoisotopic (exact) mass is 365 g/mol. The summed E-state index contributed by atoms with van der Waals surface area (Å²) < 4.78 is 39.9. The number of fused-ring (bicyclic) bond motifs is 1. The van der Waals surface area contributed by atoms with Crippen molar-refractivity contribution in [3.63, 3.8) is 0 Å². The lowest BCUT2D eigenvalue weighted by Gasteiger charge is -2.09. The standard InChI is InChI=1S/C13H5Cl3F3N3/c14-7-1-2-8(9(15)4-7)11-20-21-12-10(16)3-6(5-22(11)12)13(17,18)19/h1-5H. The Bertz CT molecular complexity index is 874. The van der Waals surface area contributed by atoms with E-state index in [0.29, 0.717) is 10.6 Å². The number of hydrogen-bond acceptors (Lipinski definition) is 2. The van der Waals surface area contributed by atoms with Crippen LogP contribution < -0.4 is 0 Å². The second-order valence-corrected chi connectivity index (χ2v) is 5.67. The van der Waals surface area contributed by atoms with E-state index < -0.39 is 11.7 Å². The van der Waals surface area contributed by atoms with E-state index in [1.165, 1.54) is 6.07 Å². The summed E-state index contributed by atoms with van der Waals surface area (Å²) >= 11 is 17.7. The fourth-order valence-electron chi connectivity index (χ4n) is 1.96. The van der Waals surface area contributed by atoms with Crippen LogP contribution in [0.25, 0.3) is 17.0 Å². The molecule has 0 aliphatic rings. The van der Waals surface area contributed by atoms with Gasteiger partial charge in [0.2, 0.25) is 0 Å². The van der Waals surface area contributed by atoms with E-state index in [1.807, 2.05) is 0 Å². The summed E-state index contributed by atoms with van der Waals surface area (Å²) in [6.07, 6.45) is -3.66. The SMILES string of the molecule is FC(F)(F)c1cc(Cl)c2nnc(-c3ccc(Cl)cc3Cl)n2c1. The molecule has 114 valence electrons. The molecule has 0 fully saturated rings. The van der Waals surface area contributed by atoms with Crippen molar-refractivity contribution < 1.29 is 13.2 Å². The molecule has 0 saturated carbocycles. The van der Waals surface area contributed by atoms with Gasteiger partial charge in [-0.2, -0.15) is 13.2 Å². The largest absolute Gasteiger partial charge is 0.417 e. The van der Waals surface area contributed by atoms with Gasteiger partial charge in [0.25, 0.3) is 0 Å². The Morgan fingerprint density at radius 2 is 1.68 bits per heavy atom. The molecule has 2 heterocycles. The second kappa shape index (κ2) is 5.30. The molecule has 22 heavy (non-hydrogen) atoms. The highest BCUT2D eigenvalue weighted by Crippen LogP contribution is 2.35. The smallest absolute Gasteiger partial charge is 0.281 e. The molecule has 1 aromatic carbocycles. The van der Waals surface area contributed by atoms with Crippen LogP contribution in [0.2, 0.25) is 15.1 Å². The van der Waals surface area contributed by atoms with Gasteiger partial charge in [-0.15, -0.1) is 10.2 Å². The molecule has 3 nitrogen and oxygen atoms in total. The fourth-order valence-corrected chi connectivity index (χ4v) is 2.70. The Morgan fingerprint density at radius 1 is 0.955 bits per heavy atom. The molecule has 2 aromatic heterocycles. The number of hydrogen-bond donors (Lipinski definition) is 0. The third kappa shape index (κ3) is 2.62. The first kappa shape index (κ1) is 15.4. The van der Waals surface area contributed by atoms with Crippen molar-refractivity contribution in [3.05, 3.63) is 51.1 Å². The van der Waals surface area contributed by atoms with Crippen LogP contribution in [-0.4, -0.2) is 14.6 Å². The highest BCUT2D eigenvalue weighted by molar-refractivity contribution is 6.36. The molecular formula is C13H5Cl3F3N3. The van der Waals surface area contributed by atoms with E-state index in [9.17, 15) is 13.2 Å². The molecule has 0 N–H and O–H groups in total. The van der Waals surface area contributed by atoms with Gasteiger partial charge in [0, 0.05) is 16.8 Å². The third-order valence-electron chi connectivity index (χ3n) is 2.96. The van der Waals surface area contributed by atoms with Gasteiger partial charge in [-0.25, -0.2) is 0 Å². The number of rotatable bonds is 1. The molecule has 0 radical (unpaired) electrons. The minimum absolute atomic E-state index is 0.107. The zero-order valence-electron chi connectivity index (χ0n) is 10.5. The maximum absolute atomic E-state index is 12.9. The average Bonchev–Trinajstić information content (AvgIpc) is 2.82. The maximum Gasteiger partial charge on any atom is 0.417 e. The normalized spacial score (nSPS) is 12.1. The summed E-state index contributed by atoms with van der Waals surface area (Å²) in [5.41, 5.74) is -0.402. The van der Waals surface area contributed by atoms with Crippen molar-refractivity contribution in [2.75, 3.05) is 0 Å².